The Bertz CT molecular complexity index is 1110. The molecule has 0 fully saturated rings. The number of amides is 4. The Kier molecular flexibility index (Phi) is 7.32. The van der Waals surface area contributed by atoms with Gasteiger partial charge in [0.25, 0.3) is 5.91 Å². The van der Waals surface area contributed by atoms with Crippen molar-refractivity contribution < 1.29 is 19.1 Å². The maximum atomic E-state index is 12.4. The van der Waals surface area contributed by atoms with Gasteiger partial charge in [-0.25, -0.2) is 4.79 Å². The molecule has 0 atom stereocenters. The molecule has 0 saturated carbocycles. The molecule has 8 nitrogen and oxygen atoms in total. The van der Waals surface area contributed by atoms with Gasteiger partial charge in [-0.05, 0) is 53.9 Å². The average Bonchev–Trinajstić information content (AvgIpc) is 2.79. The van der Waals surface area contributed by atoms with E-state index < -0.39 is 11.9 Å². The van der Waals surface area contributed by atoms with E-state index in [9.17, 15) is 14.4 Å². The van der Waals surface area contributed by atoms with Gasteiger partial charge in [0.15, 0.2) is 0 Å². The molecule has 0 radical (unpaired) electrons. The van der Waals surface area contributed by atoms with Crippen LogP contribution in [0.3, 0.4) is 0 Å². The number of nitrogens with zero attached hydrogens (tertiary/aromatic N) is 1. The molecule has 3 aromatic rings. The second-order valence-corrected chi connectivity index (χ2v) is 6.85. The number of hydrogen-bond acceptors (Lipinski definition) is 5. The van der Waals surface area contributed by atoms with Gasteiger partial charge in [-0.1, -0.05) is 30.8 Å². The number of anilines is 1. The Morgan fingerprint density at radius 2 is 1.50 bits per heavy atom. The summed E-state index contributed by atoms with van der Waals surface area (Å²) in [7, 11) is 0. The molecule has 1 aromatic heterocycles. The highest BCUT2D eigenvalue weighted by atomic mass is 16.5. The van der Waals surface area contributed by atoms with Gasteiger partial charge in [-0.15, -0.1) is 0 Å². The number of nitrogens with one attached hydrogen (secondary N) is 2. The van der Waals surface area contributed by atoms with Crippen LogP contribution in [0.25, 0.3) is 5.57 Å². The van der Waals surface area contributed by atoms with Crippen LogP contribution in [0.15, 0.2) is 79.6 Å². The molecule has 0 aliphatic carbocycles. The third-order valence-electron chi connectivity index (χ3n) is 4.48. The van der Waals surface area contributed by atoms with E-state index in [0.29, 0.717) is 34.7 Å². The number of urea groups is 1. The third-order valence-corrected chi connectivity index (χ3v) is 4.48. The number of ether oxygens (including phenoxy) is 1. The topological polar surface area (TPSA) is 123 Å². The Hall–Kier alpha value is -4.46. The van der Waals surface area contributed by atoms with Crippen LogP contribution in [0, 0.1) is 0 Å². The number of aromatic nitrogens is 1. The molecule has 0 bridgehead atoms. The third kappa shape index (κ3) is 6.53. The summed E-state index contributed by atoms with van der Waals surface area (Å²) in [6, 6.07) is 16.8. The second kappa shape index (κ2) is 10.5. The molecule has 3 rings (SSSR count). The molecule has 4 amide bonds. The van der Waals surface area contributed by atoms with Crippen molar-refractivity contribution in [2.45, 2.75) is 12.8 Å². The predicted octanol–water partition coefficient (Wildman–Crippen LogP) is 3.65. The maximum Gasteiger partial charge on any atom is 0.318 e. The molecule has 4 N–H and O–H groups in total. The quantitative estimate of drug-likeness (QED) is 0.471. The summed E-state index contributed by atoms with van der Waals surface area (Å²) in [5.41, 5.74) is 7.48. The van der Waals surface area contributed by atoms with E-state index in [2.05, 4.69) is 16.9 Å². The summed E-state index contributed by atoms with van der Waals surface area (Å²) in [6.45, 7) is 3.87. The molecule has 0 spiro atoms. The number of imide groups is 1. The molecule has 0 aliphatic heterocycles. The summed E-state index contributed by atoms with van der Waals surface area (Å²) in [4.78, 5) is 38.4. The highest BCUT2D eigenvalue weighted by Crippen LogP contribution is 2.24. The number of pyridine rings is 1. The molecule has 8 heteroatoms. The number of nitrogens with two attached hydrogens (primary N) is 1. The minimum absolute atomic E-state index is 0.156. The highest BCUT2D eigenvalue weighted by molar-refractivity contribution is 6.24. The first kappa shape index (κ1) is 22.2. The van der Waals surface area contributed by atoms with Crippen molar-refractivity contribution >= 4 is 29.1 Å². The van der Waals surface area contributed by atoms with Crippen LogP contribution in [0.1, 0.15) is 17.5 Å². The van der Waals surface area contributed by atoms with Crippen molar-refractivity contribution in [2.75, 3.05) is 5.32 Å². The van der Waals surface area contributed by atoms with Gasteiger partial charge in [0.1, 0.15) is 11.5 Å². The SMILES string of the molecule is C=C(C(=O)Nc1ccncc1)c1ccc(Oc2ccc(CCC(=O)NC(N)=O)cc2)cc1. The number of hydrogen-bond donors (Lipinski definition) is 3. The first-order valence-corrected chi connectivity index (χ1v) is 9.77. The van der Waals surface area contributed by atoms with E-state index in [0.717, 1.165) is 5.56 Å². The zero-order valence-electron chi connectivity index (χ0n) is 17.2. The summed E-state index contributed by atoms with van der Waals surface area (Å²) in [5, 5.41) is 4.80. The van der Waals surface area contributed by atoms with Crippen LogP contribution < -0.4 is 21.1 Å². The maximum absolute atomic E-state index is 12.4. The fourth-order valence-corrected chi connectivity index (χ4v) is 2.82. The van der Waals surface area contributed by atoms with Gasteiger partial charge >= 0.3 is 6.03 Å². The minimum Gasteiger partial charge on any atom is -0.457 e. The molecule has 162 valence electrons. The number of primary amides is 1. The van der Waals surface area contributed by atoms with Crippen molar-refractivity contribution in [1.29, 1.82) is 0 Å². The predicted molar refractivity (Wildman–Crippen MR) is 121 cm³/mol. The highest BCUT2D eigenvalue weighted by Gasteiger charge is 2.10. The van der Waals surface area contributed by atoms with Gasteiger partial charge in [0.05, 0.1) is 0 Å². The molecular formula is C24H22N4O4. The fraction of sp³-hybridized carbons (Fsp3) is 0.0833. The minimum atomic E-state index is -0.859. The smallest absolute Gasteiger partial charge is 0.318 e. The van der Waals surface area contributed by atoms with E-state index in [4.69, 9.17) is 10.5 Å². The van der Waals surface area contributed by atoms with Crippen LogP contribution >= 0.6 is 0 Å². The first-order chi connectivity index (χ1) is 15.4. The average molecular weight is 430 g/mol. The fourth-order valence-electron chi connectivity index (χ4n) is 2.82. The van der Waals surface area contributed by atoms with Crippen molar-refractivity contribution in [2.24, 2.45) is 5.73 Å². The largest absolute Gasteiger partial charge is 0.457 e. The number of aryl methyl sites for hydroxylation is 1. The van der Waals surface area contributed by atoms with Crippen molar-refractivity contribution in [3.05, 3.63) is 90.8 Å². The molecular weight excluding hydrogens is 408 g/mol. The van der Waals surface area contributed by atoms with E-state index >= 15 is 0 Å². The van der Waals surface area contributed by atoms with Crippen molar-refractivity contribution in [1.82, 2.24) is 10.3 Å². The molecule has 0 unspecified atom stereocenters. The summed E-state index contributed by atoms with van der Waals surface area (Å²) >= 11 is 0. The lowest BCUT2D eigenvalue weighted by atomic mass is 10.1. The van der Waals surface area contributed by atoms with Crippen molar-refractivity contribution in [3.8, 4) is 11.5 Å². The molecule has 1 heterocycles. The number of rotatable bonds is 8. The van der Waals surface area contributed by atoms with Gasteiger partial charge in [0.2, 0.25) is 5.91 Å². The first-order valence-electron chi connectivity index (χ1n) is 9.77. The number of carbonyl (C=O) groups is 3. The van der Waals surface area contributed by atoms with Crippen LogP contribution in [0.5, 0.6) is 11.5 Å². The van der Waals surface area contributed by atoms with Crippen molar-refractivity contribution in [3.63, 3.8) is 0 Å². The zero-order chi connectivity index (χ0) is 22.9. The van der Waals surface area contributed by atoms with Crippen LogP contribution in [0.4, 0.5) is 10.5 Å². The lowest BCUT2D eigenvalue weighted by Gasteiger charge is -2.10. The molecule has 2 aromatic carbocycles. The Labute approximate surface area is 185 Å². The Balaban J connectivity index is 1.53. The van der Waals surface area contributed by atoms with Crippen LogP contribution in [-0.2, 0) is 16.0 Å². The van der Waals surface area contributed by atoms with Crippen LogP contribution in [0.2, 0.25) is 0 Å². The number of carbonyl (C=O) groups excluding carboxylic acids is 3. The van der Waals surface area contributed by atoms with Gasteiger partial charge in [-0.2, -0.15) is 0 Å². The van der Waals surface area contributed by atoms with E-state index in [1.165, 1.54) is 0 Å². The lowest BCUT2D eigenvalue weighted by molar-refractivity contribution is -0.120. The summed E-state index contributed by atoms with van der Waals surface area (Å²) < 4.78 is 5.82. The Morgan fingerprint density at radius 3 is 2.09 bits per heavy atom. The number of benzene rings is 2. The lowest BCUT2D eigenvalue weighted by Crippen LogP contribution is -2.35. The van der Waals surface area contributed by atoms with Crippen LogP contribution in [-0.4, -0.2) is 22.8 Å². The van der Waals surface area contributed by atoms with E-state index in [-0.39, 0.29) is 12.3 Å². The summed E-state index contributed by atoms with van der Waals surface area (Å²) in [6.07, 6.45) is 3.82. The summed E-state index contributed by atoms with van der Waals surface area (Å²) in [5.74, 6) is 0.501. The van der Waals surface area contributed by atoms with Gasteiger partial charge < -0.3 is 15.8 Å². The van der Waals surface area contributed by atoms with E-state index in [1.54, 1.807) is 60.9 Å². The van der Waals surface area contributed by atoms with Gasteiger partial charge in [0, 0.05) is 30.1 Å². The van der Waals surface area contributed by atoms with E-state index in [1.807, 2.05) is 17.4 Å². The molecule has 32 heavy (non-hydrogen) atoms. The monoisotopic (exact) mass is 430 g/mol. The molecule has 0 aliphatic rings. The zero-order valence-corrected chi connectivity index (χ0v) is 17.2. The second-order valence-electron chi connectivity index (χ2n) is 6.85. The molecule has 0 saturated heterocycles. The normalized spacial score (nSPS) is 10.1. The standard InChI is InChI=1S/C24H22N4O4/c1-16(23(30)27-19-12-14-26-15-13-19)18-5-9-21(10-6-18)32-20-7-2-17(3-8-20)4-11-22(29)28-24(25)31/h2-3,5-10,12-15H,1,4,11H2,(H,26,27,30)(H3,25,28,29,31). The Morgan fingerprint density at radius 1 is 0.906 bits per heavy atom. The van der Waals surface area contributed by atoms with Gasteiger partial charge in [-0.3, -0.25) is 19.9 Å².